The van der Waals surface area contributed by atoms with Gasteiger partial charge in [-0.15, -0.1) is 0 Å². The van der Waals surface area contributed by atoms with Crippen molar-refractivity contribution in [2.75, 3.05) is 11.4 Å². The molecule has 3 rings (SSSR count). The van der Waals surface area contributed by atoms with Crippen LogP contribution in [-0.4, -0.2) is 25.4 Å². The van der Waals surface area contributed by atoms with Crippen LogP contribution in [0.3, 0.4) is 0 Å². The summed E-state index contributed by atoms with van der Waals surface area (Å²) in [4.78, 5) is 8.36. The zero-order chi connectivity index (χ0) is 16.6. The summed E-state index contributed by atoms with van der Waals surface area (Å²) in [6, 6.07) is 8.75. The first-order valence-corrected chi connectivity index (χ1v) is 8.29. The summed E-state index contributed by atoms with van der Waals surface area (Å²) in [5, 5.41) is 0. The van der Waals surface area contributed by atoms with Crippen LogP contribution in [0, 0.1) is 12.7 Å². The number of rotatable bonds is 3. The number of halogens is 1. The Bertz CT molecular complexity index is 990. The van der Waals surface area contributed by atoms with Crippen LogP contribution in [0.1, 0.15) is 5.56 Å². The van der Waals surface area contributed by atoms with Gasteiger partial charge in [-0.3, -0.25) is 14.3 Å². The third-order valence-corrected chi connectivity index (χ3v) is 5.39. The van der Waals surface area contributed by atoms with Gasteiger partial charge in [0.2, 0.25) is 0 Å². The molecule has 0 saturated heterocycles. The average Bonchev–Trinajstić information content (AvgIpc) is 2.56. The summed E-state index contributed by atoms with van der Waals surface area (Å²) in [5.74, 6) is -0.437. The van der Waals surface area contributed by atoms with E-state index < -0.39 is 15.8 Å². The molecule has 0 aliphatic carbocycles. The maximum absolute atomic E-state index is 13.4. The second kappa shape index (κ2) is 5.58. The largest absolute Gasteiger partial charge is 0.269 e. The molecule has 0 radical (unpaired) electrons. The van der Waals surface area contributed by atoms with E-state index in [1.54, 1.807) is 30.6 Å². The van der Waals surface area contributed by atoms with Gasteiger partial charge >= 0.3 is 0 Å². The van der Waals surface area contributed by atoms with Gasteiger partial charge in [-0.05, 0) is 48.9 Å². The minimum absolute atomic E-state index is 0.0399. The van der Waals surface area contributed by atoms with Crippen molar-refractivity contribution in [1.82, 2.24) is 9.97 Å². The first-order chi connectivity index (χ1) is 10.9. The zero-order valence-electron chi connectivity index (χ0n) is 12.6. The molecule has 0 unspecified atom stereocenters. The number of anilines is 1. The molecule has 118 valence electrons. The molecule has 0 spiro atoms. The summed E-state index contributed by atoms with van der Waals surface area (Å²) in [6.45, 7) is 1.53. The fraction of sp³-hybridized carbons (Fsp3) is 0.125. The number of aromatic nitrogens is 2. The van der Waals surface area contributed by atoms with E-state index in [1.165, 1.54) is 26.1 Å². The number of benzene rings is 2. The zero-order valence-corrected chi connectivity index (χ0v) is 13.4. The highest BCUT2D eigenvalue weighted by molar-refractivity contribution is 7.92. The Morgan fingerprint density at radius 2 is 1.70 bits per heavy atom. The Balaban J connectivity index is 2.05. The van der Waals surface area contributed by atoms with E-state index in [-0.39, 0.29) is 10.5 Å². The van der Waals surface area contributed by atoms with E-state index in [1.807, 2.05) is 0 Å². The number of aryl methyl sites for hydroxylation is 1. The number of fused-ring (bicyclic) bond motifs is 1. The summed E-state index contributed by atoms with van der Waals surface area (Å²) in [5.41, 5.74) is 2.02. The van der Waals surface area contributed by atoms with E-state index in [0.717, 1.165) is 10.4 Å². The Morgan fingerprint density at radius 3 is 2.39 bits per heavy atom. The first-order valence-electron chi connectivity index (χ1n) is 6.85. The molecular weight excluding hydrogens is 317 g/mol. The van der Waals surface area contributed by atoms with Crippen LogP contribution >= 0.6 is 0 Å². The van der Waals surface area contributed by atoms with Gasteiger partial charge in [0, 0.05) is 19.4 Å². The molecule has 0 saturated carbocycles. The lowest BCUT2D eigenvalue weighted by atomic mass is 10.2. The fourth-order valence-corrected chi connectivity index (χ4v) is 3.50. The molecule has 1 aromatic heterocycles. The standard InChI is InChI=1S/C16H14FN3O2S/c1-11-9-13(4-5-14(11)17)23(21,22)20(2)12-3-6-15-16(10-12)19-8-7-18-15/h3-10H,1-2H3. The Kier molecular flexibility index (Phi) is 3.73. The topological polar surface area (TPSA) is 63.2 Å². The van der Waals surface area contributed by atoms with Crippen molar-refractivity contribution in [2.24, 2.45) is 0 Å². The Hall–Kier alpha value is -2.54. The monoisotopic (exact) mass is 331 g/mol. The molecule has 0 aliphatic heterocycles. The normalized spacial score (nSPS) is 11.6. The summed E-state index contributed by atoms with van der Waals surface area (Å²) in [7, 11) is -2.33. The van der Waals surface area contributed by atoms with E-state index in [0.29, 0.717) is 16.7 Å². The SMILES string of the molecule is Cc1cc(S(=O)(=O)N(C)c2ccc3nccnc3c2)ccc1F. The summed E-state index contributed by atoms with van der Waals surface area (Å²) < 4.78 is 39.9. The lowest BCUT2D eigenvalue weighted by Crippen LogP contribution is -2.26. The van der Waals surface area contributed by atoms with Crippen molar-refractivity contribution < 1.29 is 12.8 Å². The van der Waals surface area contributed by atoms with E-state index in [2.05, 4.69) is 9.97 Å². The molecule has 0 amide bonds. The van der Waals surface area contributed by atoms with Crippen LogP contribution < -0.4 is 4.31 Å². The lowest BCUT2D eigenvalue weighted by Gasteiger charge is -2.20. The molecule has 2 aromatic carbocycles. The smallest absolute Gasteiger partial charge is 0.264 e. The fourth-order valence-electron chi connectivity index (χ4n) is 2.22. The second-order valence-corrected chi connectivity index (χ2v) is 7.08. The quantitative estimate of drug-likeness (QED) is 0.740. The third kappa shape index (κ3) is 2.75. The number of sulfonamides is 1. The van der Waals surface area contributed by atoms with Crippen LogP contribution in [0.25, 0.3) is 11.0 Å². The molecule has 0 atom stereocenters. The van der Waals surface area contributed by atoms with Crippen molar-refractivity contribution in [1.29, 1.82) is 0 Å². The lowest BCUT2D eigenvalue weighted by molar-refractivity contribution is 0.592. The van der Waals surface area contributed by atoms with Gasteiger partial charge in [-0.25, -0.2) is 12.8 Å². The molecule has 5 nitrogen and oxygen atoms in total. The van der Waals surface area contributed by atoms with Crippen molar-refractivity contribution in [3.05, 3.63) is 60.2 Å². The number of nitrogens with zero attached hydrogens (tertiary/aromatic N) is 3. The molecule has 0 N–H and O–H groups in total. The van der Waals surface area contributed by atoms with Crippen molar-refractivity contribution in [2.45, 2.75) is 11.8 Å². The molecule has 3 aromatic rings. The number of hydrogen-bond donors (Lipinski definition) is 0. The summed E-state index contributed by atoms with van der Waals surface area (Å²) >= 11 is 0. The van der Waals surface area contributed by atoms with Gasteiger partial charge in [0.1, 0.15) is 5.82 Å². The highest BCUT2D eigenvalue weighted by Crippen LogP contribution is 2.25. The molecule has 0 bridgehead atoms. The molecule has 7 heteroatoms. The highest BCUT2D eigenvalue weighted by Gasteiger charge is 2.22. The minimum Gasteiger partial charge on any atom is -0.269 e. The van der Waals surface area contributed by atoms with Crippen LogP contribution in [0.4, 0.5) is 10.1 Å². The second-order valence-electron chi connectivity index (χ2n) is 5.11. The van der Waals surface area contributed by atoms with E-state index in [4.69, 9.17) is 0 Å². The van der Waals surface area contributed by atoms with Crippen LogP contribution in [0.2, 0.25) is 0 Å². The van der Waals surface area contributed by atoms with Crippen molar-refractivity contribution in [3.8, 4) is 0 Å². The van der Waals surface area contributed by atoms with Gasteiger partial charge in [-0.1, -0.05) is 0 Å². The third-order valence-electron chi connectivity index (χ3n) is 3.60. The highest BCUT2D eigenvalue weighted by atomic mass is 32.2. The van der Waals surface area contributed by atoms with Crippen LogP contribution in [-0.2, 0) is 10.0 Å². The molecular formula is C16H14FN3O2S. The summed E-state index contributed by atoms with van der Waals surface area (Å²) in [6.07, 6.45) is 3.12. The van der Waals surface area contributed by atoms with Crippen molar-refractivity contribution in [3.63, 3.8) is 0 Å². The predicted molar refractivity (Wildman–Crippen MR) is 86.3 cm³/mol. The van der Waals surface area contributed by atoms with Crippen molar-refractivity contribution >= 4 is 26.7 Å². The van der Waals surface area contributed by atoms with E-state index in [9.17, 15) is 12.8 Å². The van der Waals surface area contributed by atoms with Gasteiger partial charge in [0.15, 0.2) is 0 Å². The minimum atomic E-state index is -3.78. The molecule has 0 fully saturated rings. The number of hydrogen-bond acceptors (Lipinski definition) is 4. The average molecular weight is 331 g/mol. The Morgan fingerprint density at radius 1 is 1.00 bits per heavy atom. The van der Waals surface area contributed by atoms with Gasteiger partial charge < -0.3 is 0 Å². The maximum Gasteiger partial charge on any atom is 0.264 e. The first kappa shape index (κ1) is 15.4. The maximum atomic E-state index is 13.4. The molecule has 0 aliphatic rings. The van der Waals surface area contributed by atoms with Gasteiger partial charge in [0.05, 0.1) is 21.6 Å². The van der Waals surface area contributed by atoms with Gasteiger partial charge in [0.25, 0.3) is 10.0 Å². The molecule has 1 heterocycles. The van der Waals surface area contributed by atoms with Crippen LogP contribution in [0.15, 0.2) is 53.7 Å². The predicted octanol–water partition coefficient (Wildman–Crippen LogP) is 2.90. The van der Waals surface area contributed by atoms with E-state index >= 15 is 0 Å². The van der Waals surface area contributed by atoms with Crippen LogP contribution in [0.5, 0.6) is 0 Å². The van der Waals surface area contributed by atoms with Gasteiger partial charge in [-0.2, -0.15) is 0 Å². The molecule has 23 heavy (non-hydrogen) atoms. The Labute approximate surface area is 133 Å².